The maximum atomic E-state index is 12.1. The van der Waals surface area contributed by atoms with Gasteiger partial charge in [0.1, 0.15) is 5.82 Å². The highest BCUT2D eigenvalue weighted by Crippen LogP contribution is 2.04. The standard InChI is InChI=1S/C12H12IN3O2/c1-8-14-6-9(13)12(18)16(8)7-11(17)10-4-3-5-15(10)2/h3-6H,7H2,1-2H3. The number of carbonyl (C=O) groups excluding carboxylic acids is 1. The predicted molar refractivity (Wildman–Crippen MR) is 75.7 cm³/mol. The zero-order valence-electron chi connectivity index (χ0n) is 10.1. The van der Waals surface area contributed by atoms with Crippen molar-refractivity contribution in [1.82, 2.24) is 14.1 Å². The number of aromatic nitrogens is 3. The molecule has 5 nitrogen and oxygen atoms in total. The second kappa shape index (κ2) is 5.05. The van der Waals surface area contributed by atoms with Gasteiger partial charge in [-0.25, -0.2) is 4.98 Å². The van der Waals surface area contributed by atoms with Crippen LogP contribution in [0.5, 0.6) is 0 Å². The molecule has 0 aromatic carbocycles. The fourth-order valence-corrected chi connectivity index (χ4v) is 2.14. The van der Waals surface area contributed by atoms with Crippen LogP contribution in [0, 0.1) is 10.5 Å². The largest absolute Gasteiger partial charge is 0.348 e. The highest BCUT2D eigenvalue weighted by molar-refractivity contribution is 14.1. The molecule has 0 spiro atoms. The smallest absolute Gasteiger partial charge is 0.267 e. The Labute approximate surface area is 118 Å². The Morgan fingerprint density at radius 2 is 2.22 bits per heavy atom. The van der Waals surface area contributed by atoms with E-state index < -0.39 is 0 Å². The highest BCUT2D eigenvalue weighted by Gasteiger charge is 2.13. The molecule has 18 heavy (non-hydrogen) atoms. The van der Waals surface area contributed by atoms with Crippen LogP contribution in [-0.4, -0.2) is 19.9 Å². The molecule has 0 atom stereocenters. The summed E-state index contributed by atoms with van der Waals surface area (Å²) in [5.41, 5.74) is 0.408. The third-order valence-corrected chi connectivity index (χ3v) is 3.48. The Morgan fingerprint density at radius 3 is 2.83 bits per heavy atom. The second-order valence-electron chi connectivity index (χ2n) is 3.97. The van der Waals surface area contributed by atoms with Crippen molar-refractivity contribution in [3.05, 3.63) is 50.0 Å². The molecule has 0 saturated heterocycles. The zero-order valence-corrected chi connectivity index (χ0v) is 12.2. The van der Waals surface area contributed by atoms with Crippen LogP contribution >= 0.6 is 22.6 Å². The molecule has 0 bridgehead atoms. The first-order chi connectivity index (χ1) is 8.50. The van der Waals surface area contributed by atoms with E-state index in [1.54, 1.807) is 36.9 Å². The minimum Gasteiger partial charge on any atom is -0.348 e. The lowest BCUT2D eigenvalue weighted by Gasteiger charge is -2.09. The van der Waals surface area contributed by atoms with E-state index in [1.165, 1.54) is 10.8 Å². The number of halogens is 1. The number of rotatable bonds is 3. The first-order valence-corrected chi connectivity index (χ1v) is 6.45. The minimum atomic E-state index is -0.175. The van der Waals surface area contributed by atoms with Crippen LogP contribution < -0.4 is 5.56 Å². The number of hydrogen-bond donors (Lipinski definition) is 0. The molecule has 0 fully saturated rings. The predicted octanol–water partition coefficient (Wildman–Crippen LogP) is 1.38. The Kier molecular flexibility index (Phi) is 3.65. The van der Waals surface area contributed by atoms with Crippen molar-refractivity contribution in [2.24, 2.45) is 7.05 Å². The molecule has 0 radical (unpaired) electrons. The molecular formula is C12H12IN3O2. The Balaban J connectivity index is 2.36. The first kappa shape index (κ1) is 13.0. The van der Waals surface area contributed by atoms with Gasteiger partial charge in [-0.2, -0.15) is 0 Å². The van der Waals surface area contributed by atoms with E-state index in [1.807, 2.05) is 22.6 Å². The van der Waals surface area contributed by atoms with E-state index in [4.69, 9.17) is 0 Å². The van der Waals surface area contributed by atoms with Crippen LogP contribution in [-0.2, 0) is 13.6 Å². The third-order valence-electron chi connectivity index (χ3n) is 2.74. The highest BCUT2D eigenvalue weighted by atomic mass is 127. The molecule has 2 aromatic rings. The van der Waals surface area contributed by atoms with Gasteiger partial charge >= 0.3 is 0 Å². The topological polar surface area (TPSA) is 56.9 Å². The first-order valence-electron chi connectivity index (χ1n) is 5.37. The molecule has 2 rings (SSSR count). The van der Waals surface area contributed by atoms with Gasteiger partial charge in [0.25, 0.3) is 5.56 Å². The Bertz CT molecular complexity index is 658. The number of ketones is 1. The fourth-order valence-electron chi connectivity index (χ4n) is 1.71. The quantitative estimate of drug-likeness (QED) is 0.616. The lowest BCUT2D eigenvalue weighted by Crippen LogP contribution is -2.29. The molecule has 0 aliphatic heterocycles. The lowest BCUT2D eigenvalue weighted by molar-refractivity contribution is 0.0961. The lowest BCUT2D eigenvalue weighted by atomic mass is 10.3. The summed E-state index contributed by atoms with van der Waals surface area (Å²) in [7, 11) is 1.80. The van der Waals surface area contributed by atoms with Crippen LogP contribution in [0.4, 0.5) is 0 Å². The van der Waals surface area contributed by atoms with Gasteiger partial charge in [0.15, 0.2) is 5.78 Å². The van der Waals surface area contributed by atoms with E-state index in [-0.39, 0.29) is 17.9 Å². The van der Waals surface area contributed by atoms with Gasteiger partial charge in [-0.3, -0.25) is 14.2 Å². The van der Waals surface area contributed by atoms with Gasteiger partial charge in [0.05, 0.1) is 15.8 Å². The van der Waals surface area contributed by atoms with Gasteiger partial charge in [0.2, 0.25) is 0 Å². The van der Waals surface area contributed by atoms with Gasteiger partial charge in [0, 0.05) is 19.4 Å². The summed E-state index contributed by atoms with van der Waals surface area (Å²) < 4.78 is 3.65. The zero-order chi connectivity index (χ0) is 13.3. The van der Waals surface area contributed by atoms with E-state index in [0.29, 0.717) is 15.1 Å². The van der Waals surface area contributed by atoms with Crippen molar-refractivity contribution in [3.63, 3.8) is 0 Å². The van der Waals surface area contributed by atoms with Crippen LogP contribution in [0.2, 0.25) is 0 Å². The molecule has 94 valence electrons. The van der Waals surface area contributed by atoms with E-state index in [0.717, 1.165) is 0 Å². The van der Waals surface area contributed by atoms with Gasteiger partial charge < -0.3 is 4.57 Å². The number of aryl methyl sites for hydroxylation is 2. The molecule has 0 unspecified atom stereocenters. The maximum absolute atomic E-state index is 12.1. The summed E-state index contributed by atoms with van der Waals surface area (Å²) in [6, 6.07) is 3.54. The Morgan fingerprint density at radius 1 is 1.50 bits per heavy atom. The number of carbonyl (C=O) groups is 1. The summed E-state index contributed by atoms with van der Waals surface area (Å²) in [6.45, 7) is 1.74. The van der Waals surface area contributed by atoms with E-state index in [2.05, 4.69) is 4.98 Å². The van der Waals surface area contributed by atoms with Crippen LogP contribution in [0.15, 0.2) is 29.3 Å². The molecule has 0 N–H and O–H groups in total. The Hall–Kier alpha value is -1.44. The third kappa shape index (κ3) is 2.38. The minimum absolute atomic E-state index is 0.0202. The molecule has 2 heterocycles. The summed E-state index contributed by atoms with van der Waals surface area (Å²) in [5.74, 6) is 0.444. The summed E-state index contributed by atoms with van der Waals surface area (Å²) in [6.07, 6.45) is 3.32. The van der Waals surface area contributed by atoms with Crippen LogP contribution in [0.25, 0.3) is 0 Å². The molecule has 0 aliphatic rings. The number of Topliss-reactive ketones (excluding diaryl/α,β-unsaturated/α-hetero) is 1. The van der Waals surface area contributed by atoms with E-state index in [9.17, 15) is 9.59 Å². The molecular weight excluding hydrogens is 345 g/mol. The molecule has 0 saturated carbocycles. The fraction of sp³-hybridized carbons (Fsp3) is 0.250. The average molecular weight is 357 g/mol. The monoisotopic (exact) mass is 357 g/mol. The number of hydrogen-bond acceptors (Lipinski definition) is 3. The van der Waals surface area contributed by atoms with Crippen LogP contribution in [0.1, 0.15) is 16.3 Å². The van der Waals surface area contributed by atoms with Crippen LogP contribution in [0.3, 0.4) is 0 Å². The molecule has 0 amide bonds. The summed E-state index contributed by atoms with van der Waals surface area (Å²) in [5, 5.41) is 0. The summed E-state index contributed by atoms with van der Waals surface area (Å²) in [4.78, 5) is 28.1. The van der Waals surface area contributed by atoms with Crippen molar-refractivity contribution in [3.8, 4) is 0 Å². The van der Waals surface area contributed by atoms with E-state index >= 15 is 0 Å². The van der Waals surface area contributed by atoms with Crippen molar-refractivity contribution in [1.29, 1.82) is 0 Å². The maximum Gasteiger partial charge on any atom is 0.267 e. The molecule has 2 aromatic heterocycles. The SMILES string of the molecule is Cc1ncc(I)c(=O)n1CC(=O)c1cccn1C. The number of nitrogens with zero attached hydrogens (tertiary/aromatic N) is 3. The van der Waals surface area contributed by atoms with Crippen molar-refractivity contribution >= 4 is 28.4 Å². The summed E-state index contributed by atoms with van der Waals surface area (Å²) >= 11 is 1.92. The van der Waals surface area contributed by atoms with Gasteiger partial charge in [-0.15, -0.1) is 0 Å². The normalized spacial score (nSPS) is 10.6. The van der Waals surface area contributed by atoms with Gasteiger partial charge in [-0.05, 0) is 41.6 Å². The van der Waals surface area contributed by atoms with Crippen molar-refractivity contribution in [2.45, 2.75) is 13.5 Å². The van der Waals surface area contributed by atoms with Crippen molar-refractivity contribution in [2.75, 3.05) is 0 Å². The van der Waals surface area contributed by atoms with Gasteiger partial charge in [-0.1, -0.05) is 0 Å². The molecule has 6 heteroatoms. The van der Waals surface area contributed by atoms with Crippen molar-refractivity contribution < 1.29 is 4.79 Å². The second-order valence-corrected chi connectivity index (χ2v) is 5.13. The average Bonchev–Trinajstić information content (AvgIpc) is 2.76. The molecule has 0 aliphatic carbocycles.